The zero-order valence-electron chi connectivity index (χ0n) is 10.8. The molecule has 0 aromatic heterocycles. The van der Waals surface area contributed by atoms with Crippen molar-refractivity contribution >= 4 is 23.2 Å². The van der Waals surface area contributed by atoms with Gasteiger partial charge in [-0.2, -0.15) is 10.4 Å². The molecule has 0 atom stereocenters. The van der Waals surface area contributed by atoms with Crippen LogP contribution in [0, 0.1) is 29.5 Å². The standard InChI is InChI=1S/C12H12FN5O2/c1-6-8(17-18-9(5-14)11(15)16)4-3-7(13)10(6)12(19)20-2/h3-4,17H,1-2H3,(H3,15,16)/b18-9+. The summed E-state index contributed by atoms with van der Waals surface area (Å²) in [7, 11) is 1.14. The number of esters is 1. The largest absolute Gasteiger partial charge is 0.465 e. The molecular weight excluding hydrogens is 265 g/mol. The number of hydrogen-bond acceptors (Lipinski definition) is 6. The normalized spacial score (nSPS) is 10.6. The molecule has 0 aliphatic heterocycles. The molecule has 0 heterocycles. The number of nitriles is 1. The number of nitrogens with two attached hydrogens (primary N) is 1. The number of benzene rings is 1. The molecule has 20 heavy (non-hydrogen) atoms. The molecule has 0 fully saturated rings. The van der Waals surface area contributed by atoms with Crippen LogP contribution in [0.3, 0.4) is 0 Å². The van der Waals surface area contributed by atoms with Gasteiger partial charge in [-0.1, -0.05) is 0 Å². The number of carbonyl (C=O) groups excluding carboxylic acids is 1. The summed E-state index contributed by atoms with van der Waals surface area (Å²) in [5.41, 5.74) is 7.60. The van der Waals surface area contributed by atoms with Crippen LogP contribution in [-0.4, -0.2) is 24.6 Å². The van der Waals surface area contributed by atoms with E-state index < -0.39 is 17.6 Å². The van der Waals surface area contributed by atoms with Crippen LogP contribution in [0.2, 0.25) is 0 Å². The van der Waals surface area contributed by atoms with E-state index in [-0.39, 0.29) is 16.8 Å². The first-order valence-electron chi connectivity index (χ1n) is 5.38. The van der Waals surface area contributed by atoms with Crippen LogP contribution < -0.4 is 11.2 Å². The van der Waals surface area contributed by atoms with Gasteiger partial charge in [-0.05, 0) is 24.6 Å². The number of anilines is 1. The lowest BCUT2D eigenvalue weighted by molar-refractivity contribution is 0.0594. The number of hydrogen-bond donors (Lipinski definition) is 3. The number of rotatable bonds is 4. The molecule has 0 saturated carbocycles. The van der Waals surface area contributed by atoms with E-state index in [0.717, 1.165) is 13.2 Å². The van der Waals surface area contributed by atoms with Gasteiger partial charge in [0.2, 0.25) is 5.71 Å². The van der Waals surface area contributed by atoms with Gasteiger partial charge in [0, 0.05) is 0 Å². The second-order valence-electron chi connectivity index (χ2n) is 3.68. The first-order chi connectivity index (χ1) is 9.42. The summed E-state index contributed by atoms with van der Waals surface area (Å²) in [4.78, 5) is 11.5. The Balaban J connectivity index is 3.20. The highest BCUT2D eigenvalue weighted by Gasteiger charge is 2.17. The highest BCUT2D eigenvalue weighted by Crippen LogP contribution is 2.22. The predicted octanol–water partition coefficient (Wildman–Crippen LogP) is 1.15. The van der Waals surface area contributed by atoms with Crippen LogP contribution in [0.4, 0.5) is 10.1 Å². The van der Waals surface area contributed by atoms with Gasteiger partial charge >= 0.3 is 5.97 Å². The molecule has 104 valence electrons. The van der Waals surface area contributed by atoms with Gasteiger partial charge in [0.05, 0.1) is 12.8 Å². The van der Waals surface area contributed by atoms with Crippen molar-refractivity contribution in [2.75, 3.05) is 12.5 Å². The third-order valence-electron chi connectivity index (χ3n) is 2.45. The van der Waals surface area contributed by atoms with E-state index in [1.165, 1.54) is 13.0 Å². The molecule has 7 nitrogen and oxygen atoms in total. The van der Waals surface area contributed by atoms with Gasteiger partial charge in [-0.15, -0.1) is 0 Å². The zero-order valence-corrected chi connectivity index (χ0v) is 10.8. The summed E-state index contributed by atoms with van der Waals surface area (Å²) in [6.07, 6.45) is 0. The number of ether oxygens (including phenoxy) is 1. The van der Waals surface area contributed by atoms with E-state index >= 15 is 0 Å². The van der Waals surface area contributed by atoms with E-state index in [9.17, 15) is 9.18 Å². The minimum absolute atomic E-state index is 0.228. The van der Waals surface area contributed by atoms with E-state index in [4.69, 9.17) is 16.4 Å². The van der Waals surface area contributed by atoms with E-state index in [1.54, 1.807) is 6.07 Å². The van der Waals surface area contributed by atoms with Crippen molar-refractivity contribution in [3.8, 4) is 6.07 Å². The molecule has 0 radical (unpaired) electrons. The monoisotopic (exact) mass is 277 g/mol. The van der Waals surface area contributed by atoms with Crippen LogP contribution in [0.5, 0.6) is 0 Å². The van der Waals surface area contributed by atoms with Crippen molar-refractivity contribution in [1.29, 1.82) is 10.7 Å². The van der Waals surface area contributed by atoms with Gasteiger partial charge in [-0.3, -0.25) is 10.8 Å². The van der Waals surface area contributed by atoms with Crippen LogP contribution >= 0.6 is 0 Å². The summed E-state index contributed by atoms with van der Waals surface area (Å²) >= 11 is 0. The Morgan fingerprint density at radius 2 is 2.25 bits per heavy atom. The summed E-state index contributed by atoms with van der Waals surface area (Å²) < 4.78 is 18.1. The summed E-state index contributed by atoms with van der Waals surface area (Å²) in [5.74, 6) is -2.05. The predicted molar refractivity (Wildman–Crippen MR) is 71.1 cm³/mol. The minimum atomic E-state index is -0.820. The Labute approximate surface area is 114 Å². The molecule has 0 amide bonds. The smallest absolute Gasteiger partial charge is 0.341 e. The molecule has 4 N–H and O–H groups in total. The maximum Gasteiger partial charge on any atom is 0.341 e. The first kappa shape index (κ1) is 15.1. The lowest BCUT2D eigenvalue weighted by atomic mass is 10.1. The molecule has 0 aliphatic rings. The average Bonchev–Trinajstić information content (AvgIpc) is 2.41. The maximum absolute atomic E-state index is 13.6. The molecular formula is C12H12FN5O2. The van der Waals surface area contributed by atoms with Crippen LogP contribution in [0.25, 0.3) is 0 Å². The van der Waals surface area contributed by atoms with Crippen molar-refractivity contribution in [1.82, 2.24) is 0 Å². The molecule has 0 spiro atoms. The summed E-state index contributed by atoms with van der Waals surface area (Å²) in [6.45, 7) is 1.49. The summed E-state index contributed by atoms with van der Waals surface area (Å²) in [5, 5.41) is 19.4. The van der Waals surface area contributed by atoms with Crippen molar-refractivity contribution in [3.63, 3.8) is 0 Å². The second-order valence-corrected chi connectivity index (χ2v) is 3.68. The molecule has 0 bridgehead atoms. The van der Waals surface area contributed by atoms with Crippen molar-refractivity contribution < 1.29 is 13.9 Å². The fourth-order valence-electron chi connectivity index (χ4n) is 1.41. The van der Waals surface area contributed by atoms with Crippen LogP contribution in [0.15, 0.2) is 17.2 Å². The highest BCUT2D eigenvalue weighted by molar-refractivity contribution is 6.45. The minimum Gasteiger partial charge on any atom is -0.465 e. The number of amidine groups is 1. The van der Waals surface area contributed by atoms with Gasteiger partial charge in [0.15, 0.2) is 5.84 Å². The van der Waals surface area contributed by atoms with Crippen molar-refractivity contribution in [2.24, 2.45) is 10.8 Å². The fraction of sp³-hybridized carbons (Fsp3) is 0.167. The topological polar surface area (TPSA) is 124 Å². The first-order valence-corrected chi connectivity index (χ1v) is 5.38. The third kappa shape index (κ3) is 3.08. The quantitative estimate of drug-likeness (QED) is 0.329. The van der Waals surface area contributed by atoms with Gasteiger partial charge < -0.3 is 10.5 Å². The van der Waals surface area contributed by atoms with Crippen molar-refractivity contribution in [3.05, 3.63) is 29.1 Å². The number of nitrogens with zero attached hydrogens (tertiary/aromatic N) is 2. The molecule has 0 saturated heterocycles. The molecule has 0 aliphatic carbocycles. The maximum atomic E-state index is 13.6. The highest BCUT2D eigenvalue weighted by atomic mass is 19.1. The SMILES string of the molecule is COC(=O)c1c(F)ccc(N/N=C(\C#N)C(=N)N)c1C. The lowest BCUT2D eigenvalue weighted by Gasteiger charge is -2.10. The number of nitrogens with one attached hydrogen (secondary N) is 2. The number of halogens is 1. The Morgan fingerprint density at radius 1 is 1.60 bits per heavy atom. The van der Waals surface area contributed by atoms with E-state index in [0.29, 0.717) is 5.69 Å². The number of hydrazone groups is 1. The van der Waals surface area contributed by atoms with Crippen LogP contribution in [-0.2, 0) is 4.74 Å². The van der Waals surface area contributed by atoms with E-state index in [1.807, 2.05) is 0 Å². The van der Waals surface area contributed by atoms with Gasteiger partial charge in [0.1, 0.15) is 17.4 Å². The fourth-order valence-corrected chi connectivity index (χ4v) is 1.41. The van der Waals surface area contributed by atoms with Gasteiger partial charge in [-0.25, -0.2) is 9.18 Å². The Bertz CT molecular complexity index is 633. The lowest BCUT2D eigenvalue weighted by Crippen LogP contribution is -2.22. The molecule has 1 aromatic rings. The van der Waals surface area contributed by atoms with Crippen LogP contribution in [0.1, 0.15) is 15.9 Å². The zero-order chi connectivity index (χ0) is 15.3. The molecule has 1 rings (SSSR count). The van der Waals surface area contributed by atoms with E-state index in [2.05, 4.69) is 15.3 Å². The number of methoxy groups -OCH3 is 1. The van der Waals surface area contributed by atoms with Gasteiger partial charge in [0.25, 0.3) is 0 Å². The molecule has 0 unspecified atom stereocenters. The molecule has 8 heteroatoms. The Morgan fingerprint density at radius 3 is 2.75 bits per heavy atom. The third-order valence-corrected chi connectivity index (χ3v) is 2.45. The summed E-state index contributed by atoms with van der Waals surface area (Å²) in [6, 6.07) is 4.03. The Kier molecular flexibility index (Phi) is 4.75. The number of carbonyl (C=O) groups is 1. The average molecular weight is 277 g/mol. The Hall–Kier alpha value is -2.95. The second kappa shape index (κ2) is 6.29. The molecule has 1 aromatic carbocycles. The van der Waals surface area contributed by atoms with Crippen molar-refractivity contribution in [2.45, 2.75) is 6.92 Å².